The van der Waals surface area contributed by atoms with Crippen molar-refractivity contribution in [3.63, 3.8) is 0 Å². The fourth-order valence-corrected chi connectivity index (χ4v) is 2.77. The molecule has 0 aliphatic carbocycles. The monoisotopic (exact) mass is 303 g/mol. The molecule has 0 aliphatic heterocycles. The van der Waals surface area contributed by atoms with Crippen molar-refractivity contribution in [1.29, 1.82) is 0 Å². The summed E-state index contributed by atoms with van der Waals surface area (Å²) < 4.78 is 10.8. The van der Waals surface area contributed by atoms with Crippen LogP contribution in [-0.2, 0) is 17.7 Å². The molecule has 3 aromatic rings. The molecule has 0 saturated heterocycles. The van der Waals surface area contributed by atoms with Gasteiger partial charge in [-0.2, -0.15) is 4.98 Å². The van der Waals surface area contributed by atoms with Gasteiger partial charge in [-0.3, -0.25) is 0 Å². The number of benzene rings is 1. The van der Waals surface area contributed by atoms with Gasteiger partial charge >= 0.3 is 0 Å². The maximum Gasteiger partial charge on any atom is 0.296 e. The molecule has 0 amide bonds. The molecular formula is C15H17N3O2S. The third-order valence-corrected chi connectivity index (χ3v) is 4.07. The van der Waals surface area contributed by atoms with Gasteiger partial charge in [0.05, 0.1) is 13.2 Å². The van der Waals surface area contributed by atoms with E-state index in [2.05, 4.69) is 15.3 Å². The Hall–Kier alpha value is -1.92. The molecule has 5 nitrogen and oxygen atoms in total. The Bertz CT molecular complexity index is 735. The number of oxazole rings is 1. The van der Waals surface area contributed by atoms with Crippen molar-refractivity contribution in [2.45, 2.75) is 19.9 Å². The molecule has 2 heterocycles. The smallest absolute Gasteiger partial charge is 0.296 e. The number of rotatable bonds is 6. The fraction of sp³-hybridized carbons (Fsp3) is 0.333. The van der Waals surface area contributed by atoms with E-state index in [0.29, 0.717) is 19.2 Å². The first kappa shape index (κ1) is 14.0. The van der Waals surface area contributed by atoms with Crippen molar-refractivity contribution >= 4 is 28.5 Å². The summed E-state index contributed by atoms with van der Waals surface area (Å²) in [4.78, 5) is 8.86. The fourth-order valence-electron chi connectivity index (χ4n) is 2.06. The van der Waals surface area contributed by atoms with Gasteiger partial charge < -0.3 is 14.5 Å². The maximum atomic E-state index is 5.68. The van der Waals surface area contributed by atoms with Crippen molar-refractivity contribution in [2.75, 3.05) is 19.0 Å². The van der Waals surface area contributed by atoms with Crippen LogP contribution >= 0.6 is 11.3 Å². The topological polar surface area (TPSA) is 60.2 Å². The summed E-state index contributed by atoms with van der Waals surface area (Å²) in [6, 6.07) is 6.56. The van der Waals surface area contributed by atoms with Crippen LogP contribution in [-0.4, -0.2) is 23.7 Å². The molecule has 0 aliphatic rings. The average molecular weight is 303 g/mol. The molecule has 0 unspecified atom stereocenters. The number of anilines is 1. The van der Waals surface area contributed by atoms with Crippen LogP contribution in [0.4, 0.5) is 6.01 Å². The number of methoxy groups -OCH3 is 1. The van der Waals surface area contributed by atoms with Crippen molar-refractivity contribution in [3.05, 3.63) is 39.8 Å². The van der Waals surface area contributed by atoms with Crippen molar-refractivity contribution in [2.24, 2.45) is 0 Å². The molecule has 1 aromatic carbocycles. The van der Waals surface area contributed by atoms with E-state index in [9.17, 15) is 0 Å². The van der Waals surface area contributed by atoms with Gasteiger partial charge in [-0.25, -0.2) is 4.98 Å². The standard InChI is InChI=1S/C15H17N3O2S/c1-10-9-21-14(17-10)8-16-15-18-12-7-11(5-6-19-2)3-4-13(12)20-15/h3-4,7,9H,5-6,8H2,1-2H3,(H,16,18). The lowest BCUT2D eigenvalue weighted by Crippen LogP contribution is -1.98. The number of nitrogens with one attached hydrogen (secondary N) is 1. The van der Waals surface area contributed by atoms with Crippen LogP contribution < -0.4 is 5.32 Å². The summed E-state index contributed by atoms with van der Waals surface area (Å²) in [5.41, 5.74) is 3.88. The number of thiazole rings is 1. The second-order valence-corrected chi connectivity index (χ2v) is 5.74. The molecule has 21 heavy (non-hydrogen) atoms. The van der Waals surface area contributed by atoms with Crippen LogP contribution in [0.2, 0.25) is 0 Å². The molecular weight excluding hydrogens is 286 g/mol. The summed E-state index contributed by atoms with van der Waals surface area (Å²) >= 11 is 1.63. The van der Waals surface area contributed by atoms with Gasteiger partial charge in [0.1, 0.15) is 10.5 Å². The highest BCUT2D eigenvalue weighted by atomic mass is 32.1. The maximum absolute atomic E-state index is 5.68. The second-order valence-electron chi connectivity index (χ2n) is 4.80. The van der Waals surface area contributed by atoms with Gasteiger partial charge in [-0.15, -0.1) is 11.3 Å². The van der Waals surface area contributed by atoms with Crippen LogP contribution in [0.15, 0.2) is 28.0 Å². The quantitative estimate of drug-likeness (QED) is 0.756. The lowest BCUT2D eigenvalue weighted by atomic mass is 10.1. The molecule has 0 bridgehead atoms. The molecule has 0 spiro atoms. The lowest BCUT2D eigenvalue weighted by Gasteiger charge is -1.98. The minimum atomic E-state index is 0.529. The van der Waals surface area contributed by atoms with E-state index in [1.165, 1.54) is 5.56 Å². The van der Waals surface area contributed by atoms with E-state index in [1.807, 2.05) is 30.5 Å². The summed E-state index contributed by atoms with van der Waals surface area (Å²) in [5.74, 6) is 0. The molecule has 0 fully saturated rings. The lowest BCUT2D eigenvalue weighted by molar-refractivity contribution is 0.202. The number of hydrogen-bond donors (Lipinski definition) is 1. The van der Waals surface area contributed by atoms with E-state index in [4.69, 9.17) is 9.15 Å². The zero-order valence-corrected chi connectivity index (χ0v) is 12.9. The first-order valence-corrected chi connectivity index (χ1v) is 7.66. The van der Waals surface area contributed by atoms with Crippen molar-refractivity contribution in [3.8, 4) is 0 Å². The average Bonchev–Trinajstić information content (AvgIpc) is 3.08. The Morgan fingerprint density at radius 3 is 3.00 bits per heavy atom. The first-order valence-electron chi connectivity index (χ1n) is 6.78. The van der Waals surface area contributed by atoms with Crippen LogP contribution in [0, 0.1) is 6.92 Å². The highest BCUT2D eigenvalue weighted by Crippen LogP contribution is 2.21. The normalized spacial score (nSPS) is 11.1. The van der Waals surface area contributed by atoms with Crippen molar-refractivity contribution in [1.82, 2.24) is 9.97 Å². The molecule has 3 rings (SSSR count). The van der Waals surface area contributed by atoms with Crippen LogP contribution in [0.5, 0.6) is 0 Å². The summed E-state index contributed by atoms with van der Waals surface area (Å²) in [6.07, 6.45) is 0.875. The zero-order chi connectivity index (χ0) is 14.7. The molecule has 1 N–H and O–H groups in total. The Kier molecular flexibility index (Phi) is 4.17. The summed E-state index contributed by atoms with van der Waals surface area (Å²) in [5, 5.41) is 6.23. The van der Waals surface area contributed by atoms with E-state index in [1.54, 1.807) is 18.4 Å². The third-order valence-electron chi connectivity index (χ3n) is 3.10. The number of fused-ring (bicyclic) bond motifs is 1. The minimum Gasteiger partial charge on any atom is -0.424 e. The predicted molar refractivity (Wildman–Crippen MR) is 83.8 cm³/mol. The molecule has 0 atom stereocenters. The highest BCUT2D eigenvalue weighted by Gasteiger charge is 2.07. The van der Waals surface area contributed by atoms with E-state index < -0.39 is 0 Å². The van der Waals surface area contributed by atoms with E-state index >= 15 is 0 Å². The number of nitrogens with zero attached hydrogens (tertiary/aromatic N) is 2. The van der Waals surface area contributed by atoms with Crippen LogP contribution in [0.25, 0.3) is 11.1 Å². The Morgan fingerprint density at radius 1 is 1.33 bits per heavy atom. The minimum absolute atomic E-state index is 0.529. The van der Waals surface area contributed by atoms with Crippen molar-refractivity contribution < 1.29 is 9.15 Å². The molecule has 6 heteroatoms. The second kappa shape index (κ2) is 6.24. The van der Waals surface area contributed by atoms with Gasteiger partial charge in [-0.05, 0) is 31.0 Å². The Balaban J connectivity index is 1.71. The highest BCUT2D eigenvalue weighted by molar-refractivity contribution is 7.09. The number of aromatic nitrogens is 2. The van der Waals surface area contributed by atoms with Crippen LogP contribution in [0.1, 0.15) is 16.3 Å². The Labute approximate surface area is 127 Å². The molecule has 0 radical (unpaired) electrons. The first-order chi connectivity index (χ1) is 10.2. The zero-order valence-electron chi connectivity index (χ0n) is 12.0. The van der Waals surface area contributed by atoms with Gasteiger partial charge in [0, 0.05) is 18.2 Å². The summed E-state index contributed by atoms with van der Waals surface area (Å²) in [6.45, 7) is 3.32. The largest absolute Gasteiger partial charge is 0.424 e. The van der Waals surface area contributed by atoms with Gasteiger partial charge in [-0.1, -0.05) is 6.07 Å². The SMILES string of the molecule is COCCc1ccc2oc(NCc3nc(C)cs3)nc2c1. The third kappa shape index (κ3) is 3.40. The number of aryl methyl sites for hydroxylation is 1. The molecule has 110 valence electrons. The van der Waals surface area contributed by atoms with Gasteiger partial charge in [0.2, 0.25) is 0 Å². The Morgan fingerprint density at radius 2 is 2.24 bits per heavy atom. The summed E-state index contributed by atoms with van der Waals surface area (Å²) in [7, 11) is 1.71. The van der Waals surface area contributed by atoms with Gasteiger partial charge in [0.25, 0.3) is 6.01 Å². The van der Waals surface area contributed by atoms with Crippen LogP contribution in [0.3, 0.4) is 0 Å². The number of ether oxygens (including phenoxy) is 1. The molecule has 0 saturated carbocycles. The number of hydrogen-bond acceptors (Lipinski definition) is 6. The van der Waals surface area contributed by atoms with Gasteiger partial charge in [0.15, 0.2) is 5.58 Å². The molecule has 2 aromatic heterocycles. The predicted octanol–water partition coefficient (Wildman–Crippen LogP) is 3.39. The van der Waals surface area contributed by atoms with E-state index in [-0.39, 0.29) is 0 Å². The van der Waals surface area contributed by atoms with E-state index in [0.717, 1.165) is 28.2 Å².